The highest BCUT2D eigenvalue weighted by Crippen LogP contribution is 2.02. The van der Waals surface area contributed by atoms with Crippen LogP contribution in [0.2, 0.25) is 2.82 Å². The lowest BCUT2D eigenvalue weighted by Crippen LogP contribution is -2.35. The summed E-state index contributed by atoms with van der Waals surface area (Å²) in [5.41, 5.74) is -0.0404. The molecule has 3 N–H and O–H groups in total. The summed E-state index contributed by atoms with van der Waals surface area (Å²) in [6.45, 7) is 0.881. The van der Waals surface area contributed by atoms with Crippen LogP contribution in [0.3, 0.4) is 0 Å². The zero-order valence-electron chi connectivity index (χ0n) is 11.6. The average Bonchev–Trinajstić information content (AvgIpc) is 2.09. The van der Waals surface area contributed by atoms with E-state index in [0.29, 0.717) is 6.42 Å². The normalized spacial score (nSPS) is 20.2. The number of unbranched alkanes of at least 4 members (excludes halogenated alkanes) is 1. The number of nitrogens with zero attached hydrogens (tertiary/aromatic N) is 1. The third-order valence-corrected chi connectivity index (χ3v) is 1.74. The monoisotopic (exact) mass is 192 g/mol. The summed E-state index contributed by atoms with van der Waals surface area (Å²) in [5, 5.41) is 8.79. The van der Waals surface area contributed by atoms with Gasteiger partial charge in [-0.15, -0.1) is 0 Å². The maximum absolute atomic E-state index is 10.8. The number of hydrogen-bond acceptors (Lipinski definition) is 2. The van der Waals surface area contributed by atoms with E-state index in [4.69, 9.17) is 9.30 Å². The summed E-state index contributed by atoms with van der Waals surface area (Å²) in [7, 11) is 6.10. The molecule has 0 aromatic carbocycles. The number of carbonyl (C=O) groups is 1. The summed E-state index contributed by atoms with van der Waals surface area (Å²) in [6.07, 6.45) is 1.31. The van der Waals surface area contributed by atoms with E-state index in [0.717, 1.165) is 17.4 Å². The van der Waals surface area contributed by atoms with E-state index < -0.39 is 12.0 Å². The van der Waals surface area contributed by atoms with Crippen LogP contribution in [0.5, 0.6) is 0 Å². The Morgan fingerprint density at radius 3 is 2.62 bits per heavy atom. The lowest BCUT2D eigenvalue weighted by atomic mass is 10.1. The van der Waals surface area contributed by atoms with Gasteiger partial charge in [-0.05, 0) is 19.3 Å². The van der Waals surface area contributed by atoms with Gasteiger partial charge in [-0.1, -0.05) is 0 Å². The summed E-state index contributed by atoms with van der Waals surface area (Å²) >= 11 is 0. The van der Waals surface area contributed by atoms with Crippen LogP contribution in [0.25, 0.3) is 0 Å². The van der Waals surface area contributed by atoms with E-state index in [-0.39, 0.29) is 12.1 Å². The Hall–Kier alpha value is -0.610. The number of rotatable bonds is 7. The van der Waals surface area contributed by atoms with Gasteiger partial charge in [0.25, 0.3) is 0 Å². The minimum atomic E-state index is -2.15. The van der Waals surface area contributed by atoms with Crippen molar-refractivity contribution in [2.24, 2.45) is 5.72 Å². The van der Waals surface area contributed by atoms with Crippen LogP contribution in [-0.2, 0) is 4.79 Å². The number of aliphatic carboxylic acids is 1. The zero-order valence-corrected chi connectivity index (χ0v) is 8.58. The zero-order chi connectivity index (χ0) is 13.0. The first-order valence-corrected chi connectivity index (χ1v) is 4.41. The van der Waals surface area contributed by atoms with E-state index in [1.807, 2.05) is 21.1 Å². The molecule has 0 unspecified atom stereocenters. The van der Waals surface area contributed by atoms with Gasteiger partial charge in [0, 0.05) is 0 Å². The Morgan fingerprint density at radius 2 is 2.23 bits per heavy atom. The van der Waals surface area contributed by atoms with E-state index in [1.165, 1.54) is 0 Å². The van der Waals surface area contributed by atoms with Crippen molar-refractivity contribution >= 4 is 5.97 Å². The van der Waals surface area contributed by atoms with Crippen LogP contribution in [0.15, 0.2) is 0 Å². The van der Waals surface area contributed by atoms with Crippen molar-refractivity contribution in [2.45, 2.75) is 25.3 Å². The maximum Gasteiger partial charge on any atom is 0.320 e. The van der Waals surface area contributed by atoms with Crippen molar-refractivity contribution in [2.75, 3.05) is 27.7 Å². The first-order chi connectivity index (χ1) is 7.09. The molecule has 0 heterocycles. The molecule has 0 aliphatic carbocycles. The highest BCUT2D eigenvalue weighted by Gasteiger charge is 2.11. The SMILES string of the molecule is [2H]N([2H])[C@@]([2H])(CCCC[N+](C)(C)C)C(=O)O. The molecule has 0 radical (unpaired) electrons. The number of nitrogens with two attached hydrogens (primary N) is 1. The van der Waals surface area contributed by atoms with Gasteiger partial charge in [0.1, 0.15) is 8.84 Å². The fourth-order valence-electron chi connectivity index (χ4n) is 0.986. The van der Waals surface area contributed by atoms with Crippen molar-refractivity contribution in [3.05, 3.63) is 0 Å². The van der Waals surface area contributed by atoms with Crippen molar-refractivity contribution in [3.8, 4) is 0 Å². The Morgan fingerprint density at radius 1 is 1.62 bits per heavy atom. The lowest BCUT2D eigenvalue weighted by molar-refractivity contribution is -0.870. The molecule has 13 heavy (non-hydrogen) atoms. The second kappa shape index (κ2) is 5.19. The van der Waals surface area contributed by atoms with E-state index >= 15 is 0 Å². The van der Waals surface area contributed by atoms with E-state index in [1.54, 1.807) is 0 Å². The molecule has 0 saturated heterocycles. The highest BCUT2D eigenvalue weighted by molar-refractivity contribution is 5.72. The molecule has 0 amide bonds. The minimum absolute atomic E-state index is 0.00463. The van der Waals surface area contributed by atoms with Crippen LogP contribution in [0, 0.1) is 0 Å². The van der Waals surface area contributed by atoms with E-state index in [9.17, 15) is 4.79 Å². The molecule has 0 aromatic rings. The predicted octanol–water partition coefficient (Wildman–Crippen LogP) is 0.275. The van der Waals surface area contributed by atoms with Crippen LogP contribution in [0.4, 0.5) is 0 Å². The summed E-state index contributed by atoms with van der Waals surface area (Å²) in [6, 6.07) is -2.15. The Labute approximate surface area is 84.3 Å². The van der Waals surface area contributed by atoms with Crippen LogP contribution >= 0.6 is 0 Å². The first-order valence-electron chi connectivity index (χ1n) is 5.81. The molecule has 0 fully saturated rings. The highest BCUT2D eigenvalue weighted by atomic mass is 16.4. The Kier molecular flexibility index (Phi) is 3.10. The van der Waals surface area contributed by atoms with Crippen molar-refractivity contribution < 1.29 is 18.6 Å². The summed E-state index contributed by atoms with van der Waals surface area (Å²) in [5.74, 6) is -1.44. The second-order valence-corrected chi connectivity index (χ2v) is 4.22. The topological polar surface area (TPSA) is 63.3 Å². The number of carboxylic acids is 1. The lowest BCUT2D eigenvalue weighted by Gasteiger charge is -2.23. The minimum Gasteiger partial charge on any atom is -0.480 e. The van der Waals surface area contributed by atoms with Gasteiger partial charge >= 0.3 is 5.97 Å². The molecule has 4 heteroatoms. The molecule has 0 aliphatic rings. The fourth-order valence-corrected chi connectivity index (χ4v) is 0.986. The molecule has 4 nitrogen and oxygen atoms in total. The molecule has 0 rings (SSSR count). The molecule has 0 saturated carbocycles. The molecule has 1 atom stereocenters. The average molecular weight is 192 g/mol. The van der Waals surface area contributed by atoms with Gasteiger partial charge in [-0.3, -0.25) is 4.79 Å². The predicted molar refractivity (Wildman–Crippen MR) is 52.4 cm³/mol. The molecular weight excluding hydrogens is 168 g/mol. The standard InChI is InChI=1S/C9H20N2O2/c1-11(2,3)7-5-4-6-8(10)9(12)13/h8H,4-7,10H2,1-3H3/p+1/t8-/m0/s1/i8D/hD2. The Bertz CT molecular complexity index is 243. The van der Waals surface area contributed by atoms with Gasteiger partial charge in [-0.25, -0.2) is 0 Å². The molecule has 0 aromatic heterocycles. The smallest absolute Gasteiger partial charge is 0.320 e. The largest absolute Gasteiger partial charge is 0.480 e. The Balaban J connectivity index is 4.11. The van der Waals surface area contributed by atoms with Gasteiger partial charge < -0.3 is 15.3 Å². The van der Waals surface area contributed by atoms with Gasteiger partial charge in [-0.2, -0.15) is 0 Å². The van der Waals surface area contributed by atoms with E-state index in [2.05, 4.69) is 0 Å². The van der Waals surface area contributed by atoms with Gasteiger partial charge in [0.05, 0.1) is 29.1 Å². The molecule has 0 aliphatic heterocycles. The molecule has 78 valence electrons. The molecule has 0 bridgehead atoms. The first kappa shape index (κ1) is 7.76. The number of carboxylic acid groups (broad SMARTS) is 1. The van der Waals surface area contributed by atoms with Gasteiger partial charge in [0.15, 0.2) is 0 Å². The summed E-state index contributed by atoms with van der Waals surface area (Å²) in [4.78, 5) is 10.8. The fraction of sp³-hybridized carbons (Fsp3) is 0.889. The molecular formula is C9H21N2O2+. The van der Waals surface area contributed by atoms with Crippen LogP contribution in [-0.4, -0.2) is 49.3 Å². The second-order valence-electron chi connectivity index (χ2n) is 4.22. The third-order valence-electron chi connectivity index (χ3n) is 1.74. The van der Waals surface area contributed by atoms with Crippen molar-refractivity contribution in [1.82, 2.24) is 0 Å². The number of quaternary nitrogens is 1. The third kappa shape index (κ3) is 7.74. The quantitative estimate of drug-likeness (QED) is 0.450. The number of hydrogen-bond donors (Lipinski definition) is 2. The van der Waals surface area contributed by atoms with Crippen LogP contribution < -0.4 is 5.72 Å². The maximum atomic E-state index is 10.8. The van der Waals surface area contributed by atoms with Crippen molar-refractivity contribution in [3.63, 3.8) is 0 Å². The summed E-state index contributed by atoms with van der Waals surface area (Å²) < 4.78 is 22.2. The van der Waals surface area contributed by atoms with Crippen LogP contribution in [0.1, 0.15) is 20.6 Å². The molecule has 0 spiro atoms. The van der Waals surface area contributed by atoms with Crippen molar-refractivity contribution in [1.29, 1.82) is 0 Å². The van der Waals surface area contributed by atoms with Gasteiger partial charge in [0.2, 0.25) is 0 Å².